The minimum Gasteiger partial charge on any atom is -0.356 e. The molecule has 0 radical (unpaired) electrons. The predicted molar refractivity (Wildman–Crippen MR) is 126 cm³/mol. The number of carbonyl (C=O) groups excluding carboxylic acids is 1. The first-order chi connectivity index (χ1) is 15.2. The van der Waals surface area contributed by atoms with E-state index in [-0.39, 0.29) is 11.8 Å². The summed E-state index contributed by atoms with van der Waals surface area (Å²) in [5.74, 6) is 1.08. The lowest BCUT2D eigenvalue weighted by Gasteiger charge is -2.32. The Bertz CT molecular complexity index is 980. The van der Waals surface area contributed by atoms with E-state index in [4.69, 9.17) is 0 Å². The zero-order valence-electron chi connectivity index (χ0n) is 18.1. The van der Waals surface area contributed by atoms with Crippen molar-refractivity contribution in [3.63, 3.8) is 0 Å². The normalized spacial score (nSPS) is 14.4. The molecule has 160 valence electrons. The first kappa shape index (κ1) is 21.0. The van der Waals surface area contributed by atoms with E-state index in [9.17, 15) is 4.79 Å². The molecule has 0 spiro atoms. The number of benzene rings is 2. The number of carbonyl (C=O) groups is 1. The quantitative estimate of drug-likeness (QED) is 0.567. The topological polar surface area (TPSA) is 58.1 Å². The summed E-state index contributed by atoms with van der Waals surface area (Å²) in [6, 6.07) is 20.4. The minimum atomic E-state index is 0.0337. The molecule has 1 aliphatic heterocycles. The van der Waals surface area contributed by atoms with Crippen molar-refractivity contribution in [3.05, 3.63) is 72.6 Å². The van der Waals surface area contributed by atoms with Gasteiger partial charge in [0.2, 0.25) is 5.91 Å². The average molecular weight is 415 g/mol. The lowest BCUT2D eigenvalue weighted by molar-refractivity contribution is -0.120. The summed E-state index contributed by atoms with van der Waals surface area (Å²) < 4.78 is 0. The molecule has 5 nitrogen and oxygen atoms in total. The Morgan fingerprint density at radius 2 is 1.77 bits per heavy atom. The van der Waals surface area contributed by atoms with Gasteiger partial charge in [-0.25, -0.2) is 9.97 Å². The average Bonchev–Trinajstić information content (AvgIpc) is 2.84. The van der Waals surface area contributed by atoms with Crippen LogP contribution in [0.5, 0.6) is 0 Å². The zero-order valence-corrected chi connectivity index (χ0v) is 18.1. The van der Waals surface area contributed by atoms with Crippen LogP contribution in [0.1, 0.15) is 38.2 Å². The minimum absolute atomic E-state index is 0.0337. The number of hydrogen-bond acceptors (Lipinski definition) is 4. The number of aromatic nitrogens is 2. The summed E-state index contributed by atoms with van der Waals surface area (Å²) in [4.78, 5) is 23.9. The van der Waals surface area contributed by atoms with Gasteiger partial charge in [-0.3, -0.25) is 4.79 Å². The molecule has 1 saturated heterocycles. The van der Waals surface area contributed by atoms with Gasteiger partial charge in [0.25, 0.3) is 0 Å². The van der Waals surface area contributed by atoms with Crippen molar-refractivity contribution in [2.24, 2.45) is 5.92 Å². The van der Waals surface area contributed by atoms with Crippen molar-refractivity contribution in [2.75, 3.05) is 23.3 Å². The predicted octanol–water partition coefficient (Wildman–Crippen LogP) is 5.34. The van der Waals surface area contributed by atoms with E-state index in [1.165, 1.54) is 18.4 Å². The van der Waals surface area contributed by atoms with Crippen LogP contribution in [0.4, 0.5) is 11.5 Å². The maximum absolute atomic E-state index is 12.8. The van der Waals surface area contributed by atoms with E-state index in [0.717, 1.165) is 55.1 Å². The van der Waals surface area contributed by atoms with Gasteiger partial charge in [-0.15, -0.1) is 0 Å². The molecule has 0 unspecified atom stereocenters. The Kier molecular flexibility index (Phi) is 6.92. The number of amides is 1. The molecule has 0 saturated carbocycles. The van der Waals surface area contributed by atoms with Gasteiger partial charge in [-0.1, -0.05) is 55.8 Å². The Labute approximate surface area is 184 Å². The van der Waals surface area contributed by atoms with Gasteiger partial charge in [-0.05, 0) is 43.4 Å². The fourth-order valence-corrected chi connectivity index (χ4v) is 4.04. The summed E-state index contributed by atoms with van der Waals surface area (Å²) in [6.45, 7) is 3.84. The molecule has 1 aromatic heterocycles. The summed E-state index contributed by atoms with van der Waals surface area (Å²) in [5, 5.41) is 3.10. The van der Waals surface area contributed by atoms with Gasteiger partial charge in [-0.2, -0.15) is 0 Å². The van der Waals surface area contributed by atoms with Crippen LogP contribution in [0.2, 0.25) is 0 Å². The molecule has 0 atom stereocenters. The van der Waals surface area contributed by atoms with Crippen molar-refractivity contribution in [1.82, 2.24) is 9.97 Å². The van der Waals surface area contributed by atoms with Crippen LogP contribution in [0.25, 0.3) is 11.3 Å². The number of anilines is 2. The second kappa shape index (κ2) is 10.2. The van der Waals surface area contributed by atoms with Crippen LogP contribution in [0.15, 0.2) is 67.0 Å². The molecule has 0 aliphatic carbocycles. The Morgan fingerprint density at radius 3 is 2.48 bits per heavy atom. The van der Waals surface area contributed by atoms with Gasteiger partial charge >= 0.3 is 0 Å². The second-order valence-corrected chi connectivity index (χ2v) is 8.18. The molecule has 4 rings (SSSR count). The van der Waals surface area contributed by atoms with Crippen LogP contribution in [0, 0.1) is 5.92 Å². The van der Waals surface area contributed by atoms with Crippen LogP contribution in [0.3, 0.4) is 0 Å². The van der Waals surface area contributed by atoms with Crippen molar-refractivity contribution < 1.29 is 4.79 Å². The monoisotopic (exact) mass is 414 g/mol. The smallest absolute Gasteiger partial charge is 0.227 e. The molecular formula is C26H30N4O. The van der Waals surface area contributed by atoms with E-state index in [2.05, 4.69) is 51.4 Å². The van der Waals surface area contributed by atoms with Gasteiger partial charge in [0.05, 0.1) is 5.69 Å². The lowest BCUT2D eigenvalue weighted by Crippen LogP contribution is -2.38. The number of hydrogen-bond donors (Lipinski definition) is 1. The lowest BCUT2D eigenvalue weighted by atomic mass is 9.95. The number of nitrogens with one attached hydrogen (secondary N) is 1. The fourth-order valence-electron chi connectivity index (χ4n) is 4.04. The Hall–Kier alpha value is -3.21. The zero-order chi connectivity index (χ0) is 21.5. The molecule has 2 aromatic carbocycles. The molecule has 1 amide bonds. The third-order valence-electron chi connectivity index (χ3n) is 5.95. The number of aryl methyl sites for hydroxylation is 1. The van der Waals surface area contributed by atoms with Gasteiger partial charge < -0.3 is 10.2 Å². The second-order valence-electron chi connectivity index (χ2n) is 8.18. The maximum Gasteiger partial charge on any atom is 0.227 e. The summed E-state index contributed by atoms with van der Waals surface area (Å²) in [7, 11) is 0. The maximum atomic E-state index is 12.8. The number of piperidine rings is 1. The van der Waals surface area contributed by atoms with Crippen LogP contribution in [-0.4, -0.2) is 29.0 Å². The third-order valence-corrected chi connectivity index (χ3v) is 5.95. The fraction of sp³-hybridized carbons (Fsp3) is 0.346. The van der Waals surface area contributed by atoms with Gasteiger partial charge in [0.15, 0.2) is 0 Å². The highest BCUT2D eigenvalue weighted by Gasteiger charge is 2.26. The number of rotatable bonds is 7. The largest absolute Gasteiger partial charge is 0.356 e. The molecule has 3 aromatic rings. The van der Waals surface area contributed by atoms with Crippen molar-refractivity contribution in [3.8, 4) is 11.3 Å². The molecule has 1 fully saturated rings. The van der Waals surface area contributed by atoms with E-state index < -0.39 is 0 Å². The third kappa shape index (κ3) is 5.48. The van der Waals surface area contributed by atoms with Crippen molar-refractivity contribution >= 4 is 17.4 Å². The van der Waals surface area contributed by atoms with Gasteiger partial charge in [0, 0.05) is 36.3 Å². The SMILES string of the molecule is CCCCc1ccc(NC(=O)C2CCN(c3cc(-c4ccccc4)ncn3)CC2)cc1. The number of nitrogens with zero attached hydrogens (tertiary/aromatic N) is 3. The standard InChI is InChI=1S/C26H30N4O/c1-2-3-7-20-10-12-23(13-11-20)29-26(31)22-14-16-30(17-15-22)25-18-24(27-19-28-25)21-8-5-4-6-9-21/h4-6,8-13,18-19,22H,2-3,7,14-17H2,1H3,(H,29,31). The molecule has 5 heteroatoms. The van der Waals surface area contributed by atoms with Crippen LogP contribution >= 0.6 is 0 Å². The highest BCUT2D eigenvalue weighted by atomic mass is 16.1. The Balaban J connectivity index is 1.32. The Morgan fingerprint density at radius 1 is 1.03 bits per heavy atom. The summed E-state index contributed by atoms with van der Waals surface area (Å²) in [6.07, 6.45) is 6.76. The van der Waals surface area contributed by atoms with Crippen LogP contribution < -0.4 is 10.2 Å². The molecule has 0 bridgehead atoms. The first-order valence-corrected chi connectivity index (χ1v) is 11.2. The number of unbranched alkanes of at least 4 members (excludes halogenated alkanes) is 1. The van der Waals surface area contributed by atoms with E-state index in [0.29, 0.717) is 0 Å². The van der Waals surface area contributed by atoms with E-state index >= 15 is 0 Å². The summed E-state index contributed by atoms with van der Waals surface area (Å²) >= 11 is 0. The van der Waals surface area contributed by atoms with Crippen molar-refractivity contribution in [2.45, 2.75) is 39.0 Å². The molecule has 2 heterocycles. The van der Waals surface area contributed by atoms with E-state index in [1.54, 1.807) is 6.33 Å². The van der Waals surface area contributed by atoms with Crippen molar-refractivity contribution in [1.29, 1.82) is 0 Å². The first-order valence-electron chi connectivity index (χ1n) is 11.2. The highest BCUT2D eigenvalue weighted by Crippen LogP contribution is 2.26. The highest BCUT2D eigenvalue weighted by molar-refractivity contribution is 5.92. The molecular weight excluding hydrogens is 384 g/mol. The van der Waals surface area contributed by atoms with Gasteiger partial charge in [0.1, 0.15) is 12.1 Å². The van der Waals surface area contributed by atoms with E-state index in [1.807, 2.05) is 36.4 Å². The summed E-state index contributed by atoms with van der Waals surface area (Å²) in [5.41, 5.74) is 4.22. The molecule has 1 N–H and O–H groups in total. The van der Waals surface area contributed by atoms with Crippen LogP contribution in [-0.2, 0) is 11.2 Å². The molecule has 1 aliphatic rings. The molecule has 31 heavy (non-hydrogen) atoms.